The van der Waals surface area contributed by atoms with Gasteiger partial charge in [-0.05, 0) is 31.2 Å². The molecule has 154 valence electrons. The van der Waals surface area contributed by atoms with Gasteiger partial charge in [-0.1, -0.05) is 11.6 Å². The maximum absolute atomic E-state index is 13.5. The summed E-state index contributed by atoms with van der Waals surface area (Å²) in [6.07, 6.45) is -7.26. The highest BCUT2D eigenvalue weighted by Gasteiger charge is 2.52. The summed E-state index contributed by atoms with van der Waals surface area (Å²) in [5.41, 5.74) is 0.276. The Kier molecular flexibility index (Phi) is 5.62. The third kappa shape index (κ3) is 4.57. The molecule has 2 atom stereocenters. The first-order valence-corrected chi connectivity index (χ1v) is 8.60. The van der Waals surface area contributed by atoms with Gasteiger partial charge < -0.3 is 15.0 Å². The lowest BCUT2D eigenvalue weighted by molar-refractivity contribution is -0.385. The summed E-state index contributed by atoms with van der Waals surface area (Å²) in [5, 5.41) is 13.5. The fourth-order valence-corrected chi connectivity index (χ4v) is 3.09. The van der Waals surface area contributed by atoms with E-state index in [1.165, 1.54) is 37.4 Å². The fraction of sp³-hybridized carbons (Fsp3) is 0.294. The van der Waals surface area contributed by atoms with Gasteiger partial charge in [0, 0.05) is 29.2 Å². The minimum atomic E-state index is -4.79. The molecule has 0 aliphatic carbocycles. The SMILES string of the molecule is Cc1cc(N2CC(C(=O)Nc3ccnc(Cl)c3)OC2C(F)(F)F)ccc1[N+](=O)[O-]. The van der Waals surface area contributed by atoms with Crippen LogP contribution < -0.4 is 10.2 Å². The number of benzene rings is 1. The first-order chi connectivity index (χ1) is 13.6. The van der Waals surface area contributed by atoms with E-state index < -0.39 is 35.9 Å². The van der Waals surface area contributed by atoms with E-state index in [0.29, 0.717) is 0 Å². The zero-order valence-corrected chi connectivity index (χ0v) is 15.6. The van der Waals surface area contributed by atoms with Crippen molar-refractivity contribution in [2.45, 2.75) is 25.4 Å². The predicted octanol–water partition coefficient (Wildman–Crippen LogP) is 3.68. The number of pyridine rings is 1. The summed E-state index contributed by atoms with van der Waals surface area (Å²) in [7, 11) is 0. The van der Waals surface area contributed by atoms with E-state index in [9.17, 15) is 28.1 Å². The number of aryl methyl sites for hydroxylation is 1. The Labute approximate surface area is 167 Å². The van der Waals surface area contributed by atoms with Crippen LogP contribution in [0.2, 0.25) is 5.15 Å². The summed E-state index contributed by atoms with van der Waals surface area (Å²) < 4.78 is 45.4. The summed E-state index contributed by atoms with van der Waals surface area (Å²) in [6, 6.07) is 6.33. The number of aromatic nitrogens is 1. The Hall–Kier alpha value is -2.92. The molecule has 1 aromatic heterocycles. The maximum atomic E-state index is 13.5. The van der Waals surface area contributed by atoms with Crippen molar-refractivity contribution in [2.75, 3.05) is 16.8 Å². The van der Waals surface area contributed by atoms with E-state index in [4.69, 9.17) is 16.3 Å². The fourth-order valence-electron chi connectivity index (χ4n) is 2.91. The number of carbonyl (C=O) groups excluding carboxylic acids is 1. The Morgan fingerprint density at radius 2 is 2.10 bits per heavy atom. The van der Waals surface area contributed by atoms with E-state index in [-0.39, 0.29) is 27.8 Å². The van der Waals surface area contributed by atoms with Gasteiger partial charge in [0.1, 0.15) is 5.15 Å². The quantitative estimate of drug-likeness (QED) is 0.451. The summed E-state index contributed by atoms with van der Waals surface area (Å²) in [6.45, 7) is 1.02. The van der Waals surface area contributed by atoms with E-state index >= 15 is 0 Å². The van der Waals surface area contributed by atoms with Gasteiger partial charge in [-0.25, -0.2) is 4.98 Å². The highest BCUT2D eigenvalue weighted by molar-refractivity contribution is 6.29. The van der Waals surface area contributed by atoms with Gasteiger partial charge >= 0.3 is 6.18 Å². The first-order valence-electron chi connectivity index (χ1n) is 8.22. The van der Waals surface area contributed by atoms with Gasteiger partial charge in [-0.2, -0.15) is 13.2 Å². The van der Waals surface area contributed by atoms with Crippen molar-refractivity contribution in [3.05, 3.63) is 57.4 Å². The Balaban J connectivity index is 1.84. The number of halogens is 4. The predicted molar refractivity (Wildman–Crippen MR) is 97.8 cm³/mol. The summed E-state index contributed by atoms with van der Waals surface area (Å²) in [4.78, 5) is 27.3. The molecule has 0 bridgehead atoms. The second-order valence-electron chi connectivity index (χ2n) is 6.26. The van der Waals surface area contributed by atoms with Crippen molar-refractivity contribution < 1.29 is 27.6 Å². The smallest absolute Gasteiger partial charge is 0.335 e. The zero-order chi connectivity index (χ0) is 21.3. The number of rotatable bonds is 4. The van der Waals surface area contributed by atoms with Gasteiger partial charge in [0.25, 0.3) is 11.6 Å². The molecule has 1 fully saturated rings. The number of ether oxygens (including phenoxy) is 1. The topological polar surface area (TPSA) is 97.6 Å². The third-order valence-electron chi connectivity index (χ3n) is 4.21. The third-order valence-corrected chi connectivity index (χ3v) is 4.42. The largest absolute Gasteiger partial charge is 0.433 e. The highest BCUT2D eigenvalue weighted by atomic mass is 35.5. The lowest BCUT2D eigenvalue weighted by Crippen LogP contribution is -2.42. The van der Waals surface area contributed by atoms with Crippen molar-refractivity contribution >= 4 is 34.6 Å². The Morgan fingerprint density at radius 3 is 2.69 bits per heavy atom. The van der Waals surface area contributed by atoms with Gasteiger partial charge in [-0.15, -0.1) is 0 Å². The van der Waals surface area contributed by atoms with Crippen LogP contribution >= 0.6 is 11.6 Å². The van der Waals surface area contributed by atoms with Crippen molar-refractivity contribution in [2.24, 2.45) is 0 Å². The highest BCUT2D eigenvalue weighted by Crippen LogP contribution is 2.36. The average molecular weight is 431 g/mol. The molecule has 12 heteroatoms. The molecule has 1 aliphatic rings. The first kappa shape index (κ1) is 20.8. The van der Waals surface area contributed by atoms with Crippen LogP contribution in [-0.4, -0.2) is 40.9 Å². The monoisotopic (exact) mass is 430 g/mol. The lowest BCUT2D eigenvalue weighted by atomic mass is 10.1. The van der Waals surface area contributed by atoms with E-state index in [1.54, 1.807) is 0 Å². The van der Waals surface area contributed by atoms with Crippen LogP contribution in [-0.2, 0) is 9.53 Å². The number of anilines is 2. The van der Waals surface area contributed by atoms with Crippen molar-refractivity contribution in [1.82, 2.24) is 4.98 Å². The number of alkyl halides is 3. The molecule has 0 spiro atoms. The second-order valence-corrected chi connectivity index (χ2v) is 6.64. The molecule has 2 unspecified atom stereocenters. The number of nitrogens with one attached hydrogen (secondary N) is 1. The molecule has 3 rings (SSSR count). The molecular formula is C17H14ClF3N4O4. The zero-order valence-electron chi connectivity index (χ0n) is 14.8. The van der Waals surface area contributed by atoms with Crippen LogP contribution in [0, 0.1) is 17.0 Å². The number of carbonyl (C=O) groups is 1. The molecule has 1 aromatic carbocycles. The standard InChI is InChI=1S/C17H14ClF3N4O4/c1-9-6-11(2-3-12(9)25(27)28)24-8-13(29-16(24)17(19,20)21)15(26)23-10-4-5-22-14(18)7-10/h2-7,13,16H,8H2,1H3,(H,22,23,26). The van der Waals surface area contributed by atoms with Gasteiger partial charge in [-0.3, -0.25) is 14.9 Å². The average Bonchev–Trinajstić information content (AvgIpc) is 3.07. The Morgan fingerprint density at radius 1 is 1.38 bits per heavy atom. The van der Waals surface area contributed by atoms with Gasteiger partial charge in [0.05, 0.1) is 11.5 Å². The number of nitro benzene ring substituents is 1. The normalized spacial score (nSPS) is 19.3. The Bertz CT molecular complexity index is 957. The molecule has 1 saturated heterocycles. The van der Waals surface area contributed by atoms with Crippen LogP contribution in [0.15, 0.2) is 36.5 Å². The van der Waals surface area contributed by atoms with Crippen LogP contribution in [0.4, 0.5) is 30.2 Å². The molecule has 29 heavy (non-hydrogen) atoms. The molecule has 0 saturated carbocycles. The van der Waals surface area contributed by atoms with E-state index in [0.717, 1.165) is 11.0 Å². The second kappa shape index (κ2) is 7.84. The summed E-state index contributed by atoms with van der Waals surface area (Å²) in [5.74, 6) is -0.789. The number of hydrogen-bond acceptors (Lipinski definition) is 6. The van der Waals surface area contributed by atoms with Crippen molar-refractivity contribution in [3.8, 4) is 0 Å². The van der Waals surface area contributed by atoms with Gasteiger partial charge in [0.15, 0.2) is 6.10 Å². The molecular weight excluding hydrogens is 417 g/mol. The van der Waals surface area contributed by atoms with Crippen molar-refractivity contribution in [3.63, 3.8) is 0 Å². The van der Waals surface area contributed by atoms with Crippen LogP contribution in [0.5, 0.6) is 0 Å². The molecule has 1 N–H and O–H groups in total. The minimum absolute atomic E-state index is 0.0534. The van der Waals surface area contributed by atoms with E-state index in [2.05, 4.69) is 10.3 Å². The number of nitro groups is 1. The van der Waals surface area contributed by atoms with Crippen LogP contribution in [0.1, 0.15) is 5.56 Å². The van der Waals surface area contributed by atoms with Crippen LogP contribution in [0.25, 0.3) is 0 Å². The maximum Gasteiger partial charge on any atom is 0.433 e. The minimum Gasteiger partial charge on any atom is -0.335 e. The molecule has 2 heterocycles. The number of amides is 1. The number of hydrogen-bond donors (Lipinski definition) is 1. The molecule has 0 radical (unpaired) electrons. The molecule has 1 aliphatic heterocycles. The lowest BCUT2D eigenvalue weighted by Gasteiger charge is -2.26. The van der Waals surface area contributed by atoms with E-state index in [1.807, 2.05) is 0 Å². The molecule has 8 nitrogen and oxygen atoms in total. The van der Waals surface area contributed by atoms with Gasteiger partial charge in [0.2, 0.25) is 6.23 Å². The summed E-state index contributed by atoms with van der Waals surface area (Å²) >= 11 is 5.73. The number of nitrogens with zero attached hydrogens (tertiary/aromatic N) is 3. The molecule has 2 aromatic rings. The van der Waals surface area contributed by atoms with Crippen molar-refractivity contribution in [1.29, 1.82) is 0 Å². The molecule has 1 amide bonds. The van der Waals surface area contributed by atoms with Crippen LogP contribution in [0.3, 0.4) is 0 Å².